The minimum Gasteiger partial charge on any atom is -0.480 e. The van der Waals surface area contributed by atoms with Crippen LogP contribution in [0.2, 0.25) is 0 Å². The molecule has 2 heterocycles. The third kappa shape index (κ3) is 5.43. The van der Waals surface area contributed by atoms with Crippen LogP contribution in [0.4, 0.5) is 5.69 Å². The fourth-order valence-corrected chi connectivity index (χ4v) is 5.59. The van der Waals surface area contributed by atoms with Gasteiger partial charge in [-0.15, -0.1) is 0 Å². The molecule has 202 valence electrons. The lowest BCUT2D eigenvalue weighted by Crippen LogP contribution is -2.53. The number of para-hydroxylation sites is 1. The smallest absolute Gasteiger partial charge is 0.320 e. The lowest BCUT2D eigenvalue weighted by molar-refractivity contribution is -0.140. The van der Waals surface area contributed by atoms with Gasteiger partial charge in [0.2, 0.25) is 0 Å². The first kappa shape index (κ1) is 26.6. The van der Waals surface area contributed by atoms with Gasteiger partial charge in [0.05, 0.1) is 23.2 Å². The van der Waals surface area contributed by atoms with Crippen molar-refractivity contribution in [3.8, 4) is 0 Å². The van der Waals surface area contributed by atoms with Gasteiger partial charge in [-0.3, -0.25) is 29.4 Å². The van der Waals surface area contributed by atoms with Gasteiger partial charge in [-0.1, -0.05) is 56.3 Å². The molecule has 0 saturated carbocycles. The predicted molar refractivity (Wildman–Crippen MR) is 149 cm³/mol. The van der Waals surface area contributed by atoms with E-state index in [0.29, 0.717) is 24.0 Å². The Hall–Kier alpha value is -4.04. The number of imide groups is 1. The molecule has 2 aliphatic rings. The summed E-state index contributed by atoms with van der Waals surface area (Å²) in [5.41, 5.74) is 2.75. The second-order valence-corrected chi connectivity index (χ2v) is 10.8. The van der Waals surface area contributed by atoms with Crippen LogP contribution in [0.3, 0.4) is 0 Å². The molecular formula is C31H33N3O5. The molecule has 8 heteroatoms. The number of carboxylic acids is 1. The SMILES string of the molecule is CC(C)C[C@H](N[C@H](CCN1C(=O)c2cc3ccccc3cc2C1=O)C(=O)O)C(=O)C1CCc2ccccc2N1. The topological polar surface area (TPSA) is 116 Å². The van der Waals surface area contributed by atoms with Gasteiger partial charge in [0, 0.05) is 12.2 Å². The van der Waals surface area contributed by atoms with Crippen molar-refractivity contribution in [2.45, 2.75) is 57.7 Å². The van der Waals surface area contributed by atoms with Crippen LogP contribution in [0, 0.1) is 5.92 Å². The summed E-state index contributed by atoms with van der Waals surface area (Å²) in [5.74, 6) is -1.89. The number of ketones is 1. The number of aryl methyl sites for hydroxylation is 1. The number of fused-ring (bicyclic) bond motifs is 3. The van der Waals surface area contributed by atoms with Gasteiger partial charge < -0.3 is 10.4 Å². The van der Waals surface area contributed by atoms with E-state index in [9.17, 15) is 24.3 Å². The van der Waals surface area contributed by atoms with Gasteiger partial charge in [-0.25, -0.2) is 0 Å². The predicted octanol–water partition coefficient (Wildman–Crippen LogP) is 4.28. The molecule has 0 fully saturated rings. The lowest BCUT2D eigenvalue weighted by atomic mass is 9.89. The molecule has 2 amide bonds. The molecule has 39 heavy (non-hydrogen) atoms. The molecule has 1 unspecified atom stereocenters. The van der Waals surface area contributed by atoms with Crippen molar-refractivity contribution in [1.82, 2.24) is 10.2 Å². The molecule has 3 aromatic rings. The van der Waals surface area contributed by atoms with Gasteiger partial charge in [0.15, 0.2) is 5.78 Å². The third-order valence-corrected chi connectivity index (χ3v) is 7.62. The van der Waals surface area contributed by atoms with E-state index in [2.05, 4.69) is 10.6 Å². The number of carbonyl (C=O) groups is 4. The first-order chi connectivity index (χ1) is 18.7. The van der Waals surface area contributed by atoms with Crippen LogP contribution in [0.25, 0.3) is 10.8 Å². The van der Waals surface area contributed by atoms with Gasteiger partial charge in [0.1, 0.15) is 6.04 Å². The van der Waals surface area contributed by atoms with Gasteiger partial charge >= 0.3 is 5.97 Å². The Bertz CT molecular complexity index is 1390. The monoisotopic (exact) mass is 527 g/mol. The number of aliphatic carboxylic acids is 1. The fraction of sp³-hybridized carbons (Fsp3) is 0.355. The Morgan fingerprint density at radius 1 is 0.974 bits per heavy atom. The zero-order valence-electron chi connectivity index (χ0n) is 22.1. The highest BCUT2D eigenvalue weighted by Crippen LogP contribution is 2.29. The fourth-order valence-electron chi connectivity index (χ4n) is 5.59. The van der Waals surface area contributed by atoms with Crippen molar-refractivity contribution in [2.75, 3.05) is 11.9 Å². The zero-order chi connectivity index (χ0) is 27.7. The van der Waals surface area contributed by atoms with E-state index in [1.807, 2.05) is 62.4 Å². The Balaban J connectivity index is 1.29. The summed E-state index contributed by atoms with van der Waals surface area (Å²) in [6.45, 7) is 3.92. The van der Waals surface area contributed by atoms with E-state index in [0.717, 1.165) is 33.3 Å². The molecule has 5 rings (SSSR count). The maximum absolute atomic E-state index is 13.6. The van der Waals surface area contributed by atoms with Crippen LogP contribution in [-0.4, -0.2) is 58.2 Å². The molecule has 0 bridgehead atoms. The van der Waals surface area contributed by atoms with Crippen molar-refractivity contribution in [3.05, 3.63) is 77.4 Å². The highest BCUT2D eigenvalue weighted by molar-refractivity contribution is 6.23. The number of benzene rings is 3. The van der Waals surface area contributed by atoms with E-state index < -0.39 is 35.9 Å². The molecule has 0 spiro atoms. The Morgan fingerprint density at radius 3 is 2.21 bits per heavy atom. The number of amides is 2. The van der Waals surface area contributed by atoms with Crippen molar-refractivity contribution in [2.24, 2.45) is 5.92 Å². The second-order valence-electron chi connectivity index (χ2n) is 10.8. The number of hydrogen-bond donors (Lipinski definition) is 3. The summed E-state index contributed by atoms with van der Waals surface area (Å²) < 4.78 is 0. The maximum Gasteiger partial charge on any atom is 0.320 e. The Labute approximate surface area is 227 Å². The maximum atomic E-state index is 13.6. The summed E-state index contributed by atoms with van der Waals surface area (Å²) >= 11 is 0. The molecule has 8 nitrogen and oxygen atoms in total. The van der Waals surface area contributed by atoms with Crippen molar-refractivity contribution in [1.29, 1.82) is 0 Å². The number of carbonyl (C=O) groups excluding carboxylic acids is 3. The number of rotatable bonds is 10. The lowest BCUT2D eigenvalue weighted by Gasteiger charge is -2.31. The number of Topliss-reactive ketones (excluding diaryl/α,β-unsaturated/α-hetero) is 1. The molecular weight excluding hydrogens is 494 g/mol. The third-order valence-electron chi connectivity index (χ3n) is 7.62. The van der Waals surface area contributed by atoms with E-state index in [1.54, 1.807) is 12.1 Å². The standard InChI is InChI=1S/C31H33N3O5/c1-18(2)15-27(28(35)25-12-11-19-7-5-6-10-24(19)32-25)33-26(31(38)39)13-14-34-29(36)22-16-20-8-3-4-9-21(20)17-23(22)30(34)37/h3-10,16-18,25-27,32-33H,11-15H2,1-2H3,(H,38,39)/t25?,26-,27+/m1/s1. The molecule has 0 aromatic heterocycles. The van der Waals surface area contributed by atoms with E-state index >= 15 is 0 Å². The normalized spacial score (nSPS) is 18.0. The molecule has 0 aliphatic carbocycles. The van der Waals surface area contributed by atoms with Gasteiger partial charge in [0.25, 0.3) is 11.8 Å². The molecule has 3 aromatic carbocycles. The highest BCUT2D eigenvalue weighted by Gasteiger charge is 2.38. The van der Waals surface area contributed by atoms with E-state index in [4.69, 9.17) is 0 Å². The molecule has 0 saturated heterocycles. The number of hydrogen-bond acceptors (Lipinski definition) is 6. The summed E-state index contributed by atoms with van der Waals surface area (Å²) in [7, 11) is 0. The Kier molecular flexibility index (Phi) is 7.48. The van der Waals surface area contributed by atoms with Crippen LogP contribution in [0.1, 0.15) is 59.4 Å². The quantitative estimate of drug-likeness (QED) is 0.337. The second kappa shape index (κ2) is 11.0. The number of nitrogens with one attached hydrogen (secondary N) is 2. The summed E-state index contributed by atoms with van der Waals surface area (Å²) in [4.78, 5) is 53.1. The largest absolute Gasteiger partial charge is 0.480 e. The van der Waals surface area contributed by atoms with Crippen molar-refractivity contribution < 1.29 is 24.3 Å². The van der Waals surface area contributed by atoms with Crippen LogP contribution >= 0.6 is 0 Å². The van der Waals surface area contributed by atoms with Gasteiger partial charge in [-0.2, -0.15) is 0 Å². The number of carboxylic acid groups (broad SMARTS) is 1. The molecule has 3 atom stereocenters. The first-order valence-electron chi connectivity index (χ1n) is 13.5. The average molecular weight is 528 g/mol. The van der Waals surface area contributed by atoms with Crippen LogP contribution in [-0.2, 0) is 16.0 Å². The van der Waals surface area contributed by atoms with Gasteiger partial charge in [-0.05, 0) is 66.1 Å². The molecule has 0 radical (unpaired) electrons. The summed E-state index contributed by atoms with van der Waals surface area (Å²) in [6.07, 6.45) is 1.86. The zero-order valence-corrected chi connectivity index (χ0v) is 22.1. The number of nitrogens with zero attached hydrogens (tertiary/aromatic N) is 1. The van der Waals surface area contributed by atoms with Crippen LogP contribution < -0.4 is 10.6 Å². The minimum atomic E-state index is -1.12. The van der Waals surface area contributed by atoms with Crippen molar-refractivity contribution in [3.63, 3.8) is 0 Å². The average Bonchev–Trinajstić information content (AvgIpc) is 3.16. The van der Waals surface area contributed by atoms with Crippen LogP contribution in [0.15, 0.2) is 60.7 Å². The molecule has 3 N–H and O–H groups in total. The Morgan fingerprint density at radius 2 is 1.59 bits per heavy atom. The highest BCUT2D eigenvalue weighted by atomic mass is 16.4. The molecule has 2 aliphatic heterocycles. The van der Waals surface area contributed by atoms with Crippen molar-refractivity contribution >= 4 is 40.0 Å². The first-order valence-corrected chi connectivity index (χ1v) is 13.5. The van der Waals surface area contributed by atoms with Crippen LogP contribution in [0.5, 0.6) is 0 Å². The number of anilines is 1. The van der Waals surface area contributed by atoms with E-state index in [-0.39, 0.29) is 24.7 Å². The van der Waals surface area contributed by atoms with E-state index in [1.165, 1.54) is 0 Å². The summed E-state index contributed by atoms with van der Waals surface area (Å²) in [6, 6.07) is 16.6. The summed E-state index contributed by atoms with van der Waals surface area (Å²) in [5, 5.41) is 18.1. The minimum absolute atomic E-state index is 0.0108.